The summed E-state index contributed by atoms with van der Waals surface area (Å²) in [7, 11) is 0. The Labute approximate surface area is 220 Å². The number of rotatable bonds is 19. The van der Waals surface area contributed by atoms with Gasteiger partial charge < -0.3 is 14.4 Å². The number of aryl methyl sites for hydroxylation is 2. The number of aliphatic hydroxyl groups is 1. The van der Waals surface area contributed by atoms with Crippen molar-refractivity contribution < 1.29 is 14.6 Å². The van der Waals surface area contributed by atoms with E-state index >= 15 is 0 Å². The average Bonchev–Trinajstić information content (AvgIpc) is 3.14. The van der Waals surface area contributed by atoms with Crippen LogP contribution in [-0.2, 0) is 16.1 Å². The molecular weight excluding hydrogens is 487 g/mol. The van der Waals surface area contributed by atoms with E-state index in [0.29, 0.717) is 23.8 Å². The summed E-state index contributed by atoms with van der Waals surface area (Å²) in [6.45, 7) is 5.08. The number of nitrogens with zero attached hydrogens (tertiary/aromatic N) is 4. The fourth-order valence-corrected chi connectivity index (χ4v) is 4.67. The van der Waals surface area contributed by atoms with Gasteiger partial charge in [-0.05, 0) is 31.4 Å². The number of aromatic nitrogens is 4. The lowest BCUT2D eigenvalue weighted by molar-refractivity contribution is -0.145. The van der Waals surface area contributed by atoms with Crippen LogP contribution in [0, 0.1) is 12.8 Å². The minimum Gasteiger partial charge on any atom is -0.465 e. The predicted molar refractivity (Wildman–Crippen MR) is 142 cm³/mol. The SMILES string of the molecule is Cc1nc2nc(Cl)nc(Cl)c2n1CCCCCCCCCCCCCCCC(=O)OCC(C)CO. The van der Waals surface area contributed by atoms with Gasteiger partial charge in [0.1, 0.15) is 11.3 Å². The molecule has 0 saturated heterocycles. The molecule has 2 rings (SSSR count). The van der Waals surface area contributed by atoms with Gasteiger partial charge in [0, 0.05) is 25.5 Å². The Morgan fingerprint density at radius 1 is 0.886 bits per heavy atom. The molecule has 0 amide bonds. The molecule has 0 aliphatic heterocycles. The van der Waals surface area contributed by atoms with E-state index in [-0.39, 0.29) is 23.8 Å². The van der Waals surface area contributed by atoms with Crippen molar-refractivity contribution in [2.45, 2.75) is 110 Å². The van der Waals surface area contributed by atoms with Crippen molar-refractivity contribution in [1.82, 2.24) is 19.5 Å². The second-order valence-corrected chi connectivity index (χ2v) is 10.3. The number of hydrogen-bond acceptors (Lipinski definition) is 6. The number of carbonyl (C=O) groups excluding carboxylic acids is 1. The first-order valence-corrected chi connectivity index (χ1v) is 14.0. The van der Waals surface area contributed by atoms with Crippen LogP contribution in [0.15, 0.2) is 0 Å². The summed E-state index contributed by atoms with van der Waals surface area (Å²) in [6.07, 6.45) is 16.3. The highest BCUT2D eigenvalue weighted by Gasteiger charge is 2.14. The molecule has 2 heterocycles. The van der Waals surface area contributed by atoms with Crippen LogP contribution in [0.4, 0.5) is 0 Å². The van der Waals surface area contributed by atoms with Gasteiger partial charge >= 0.3 is 5.97 Å². The van der Waals surface area contributed by atoms with Crippen molar-refractivity contribution in [2.24, 2.45) is 5.92 Å². The summed E-state index contributed by atoms with van der Waals surface area (Å²) in [5.74, 6) is 0.777. The fraction of sp³-hybridized carbons (Fsp3) is 0.769. The molecule has 2 aromatic rings. The number of aliphatic hydroxyl groups excluding tert-OH is 1. The number of imidazole rings is 1. The second kappa shape index (κ2) is 17.1. The van der Waals surface area contributed by atoms with Gasteiger partial charge in [0.05, 0.1) is 6.61 Å². The predicted octanol–water partition coefficient (Wildman–Crippen LogP) is 7.07. The minimum atomic E-state index is -0.139. The Morgan fingerprint density at radius 3 is 2.00 bits per heavy atom. The summed E-state index contributed by atoms with van der Waals surface area (Å²) >= 11 is 12.1. The quantitative estimate of drug-likeness (QED) is 0.0906. The molecule has 0 aliphatic rings. The first-order valence-electron chi connectivity index (χ1n) is 13.2. The van der Waals surface area contributed by atoms with Gasteiger partial charge in [0.15, 0.2) is 10.8 Å². The third-order valence-corrected chi connectivity index (χ3v) is 6.76. The highest BCUT2D eigenvalue weighted by molar-refractivity contribution is 6.35. The molecule has 0 saturated carbocycles. The van der Waals surface area contributed by atoms with Crippen LogP contribution in [0.25, 0.3) is 11.2 Å². The van der Waals surface area contributed by atoms with Crippen molar-refractivity contribution in [3.8, 4) is 0 Å². The highest BCUT2D eigenvalue weighted by Crippen LogP contribution is 2.24. The number of hydrogen-bond donors (Lipinski definition) is 1. The Balaban J connectivity index is 1.39. The van der Waals surface area contributed by atoms with E-state index in [0.717, 1.165) is 37.1 Å². The van der Waals surface area contributed by atoms with Crippen LogP contribution in [0.1, 0.15) is 103 Å². The lowest BCUT2D eigenvalue weighted by atomic mass is 10.0. The monoisotopic (exact) mass is 528 g/mol. The fourth-order valence-electron chi connectivity index (χ4n) is 4.19. The summed E-state index contributed by atoms with van der Waals surface area (Å²) in [5.41, 5.74) is 1.34. The first kappa shape index (κ1) is 29.8. The normalized spacial score (nSPS) is 12.4. The van der Waals surface area contributed by atoms with Gasteiger partial charge in [-0.3, -0.25) is 4.79 Å². The van der Waals surface area contributed by atoms with Gasteiger partial charge in [0.2, 0.25) is 5.28 Å². The Kier molecular flexibility index (Phi) is 14.5. The molecule has 9 heteroatoms. The van der Waals surface area contributed by atoms with Crippen molar-refractivity contribution >= 4 is 40.3 Å². The van der Waals surface area contributed by atoms with E-state index in [9.17, 15) is 4.79 Å². The number of halogens is 2. The minimum absolute atomic E-state index is 0.0223. The number of esters is 1. The zero-order valence-corrected chi connectivity index (χ0v) is 22.9. The maximum absolute atomic E-state index is 11.6. The van der Waals surface area contributed by atoms with Gasteiger partial charge in [-0.1, -0.05) is 89.2 Å². The standard InChI is InChI=1S/C26H42Cl2N4O3/c1-20(18-33)19-35-22(34)16-14-12-10-8-6-4-3-5-7-9-11-13-15-17-32-21(2)29-25-23(32)24(27)30-26(28)31-25/h20,33H,3-19H2,1-2H3. The number of ether oxygens (including phenoxy) is 1. The molecule has 7 nitrogen and oxygen atoms in total. The van der Waals surface area contributed by atoms with Crippen LogP contribution in [0.5, 0.6) is 0 Å². The summed E-state index contributed by atoms with van der Waals surface area (Å²) in [6, 6.07) is 0. The molecular formula is C26H42Cl2N4O3. The van der Waals surface area contributed by atoms with Crippen LogP contribution in [-0.4, -0.2) is 43.8 Å². The Bertz CT molecular complexity index is 891. The molecule has 0 bridgehead atoms. The largest absolute Gasteiger partial charge is 0.465 e. The topological polar surface area (TPSA) is 90.1 Å². The maximum atomic E-state index is 11.6. The first-order chi connectivity index (χ1) is 16.9. The Morgan fingerprint density at radius 2 is 1.43 bits per heavy atom. The van der Waals surface area contributed by atoms with Gasteiger partial charge in [-0.2, -0.15) is 4.98 Å². The van der Waals surface area contributed by atoms with Crippen molar-refractivity contribution in [2.75, 3.05) is 13.2 Å². The van der Waals surface area contributed by atoms with E-state index in [1.54, 1.807) is 0 Å². The molecule has 0 spiro atoms. The van der Waals surface area contributed by atoms with Crippen LogP contribution in [0.3, 0.4) is 0 Å². The highest BCUT2D eigenvalue weighted by atomic mass is 35.5. The maximum Gasteiger partial charge on any atom is 0.305 e. The number of fused-ring (bicyclic) bond motifs is 1. The molecule has 2 aromatic heterocycles. The summed E-state index contributed by atoms with van der Waals surface area (Å²) in [5, 5.41) is 9.43. The van der Waals surface area contributed by atoms with E-state index in [1.165, 1.54) is 64.2 Å². The van der Waals surface area contributed by atoms with Crippen LogP contribution < -0.4 is 0 Å². The number of carbonyl (C=O) groups is 1. The molecule has 0 aliphatic carbocycles. The lowest BCUT2D eigenvalue weighted by Gasteiger charge is -2.08. The summed E-state index contributed by atoms with van der Waals surface area (Å²) in [4.78, 5) is 24.3. The molecule has 0 radical (unpaired) electrons. The molecule has 0 fully saturated rings. The third kappa shape index (κ3) is 11.4. The van der Waals surface area contributed by atoms with Crippen molar-refractivity contribution in [1.29, 1.82) is 0 Å². The van der Waals surface area contributed by atoms with E-state index in [2.05, 4.69) is 19.5 Å². The Hall–Kier alpha value is -1.44. The lowest BCUT2D eigenvalue weighted by Crippen LogP contribution is -2.14. The third-order valence-electron chi connectivity index (χ3n) is 6.33. The van der Waals surface area contributed by atoms with Crippen molar-refractivity contribution in [3.63, 3.8) is 0 Å². The van der Waals surface area contributed by atoms with Crippen LogP contribution in [0.2, 0.25) is 10.4 Å². The zero-order chi connectivity index (χ0) is 25.5. The molecule has 0 aromatic carbocycles. The van der Waals surface area contributed by atoms with Gasteiger partial charge in [0.25, 0.3) is 0 Å². The van der Waals surface area contributed by atoms with Gasteiger partial charge in [-0.15, -0.1) is 0 Å². The molecule has 35 heavy (non-hydrogen) atoms. The smallest absolute Gasteiger partial charge is 0.305 e. The molecule has 198 valence electrons. The zero-order valence-electron chi connectivity index (χ0n) is 21.4. The molecule has 1 N–H and O–H groups in total. The van der Waals surface area contributed by atoms with Crippen molar-refractivity contribution in [3.05, 3.63) is 16.3 Å². The van der Waals surface area contributed by atoms with E-state index < -0.39 is 0 Å². The van der Waals surface area contributed by atoms with Gasteiger partial charge in [-0.25, -0.2) is 9.97 Å². The summed E-state index contributed by atoms with van der Waals surface area (Å²) < 4.78 is 7.23. The average molecular weight is 530 g/mol. The molecule has 1 atom stereocenters. The number of unbranched alkanes of at least 4 members (excludes halogenated alkanes) is 12. The van der Waals surface area contributed by atoms with E-state index in [1.807, 2.05) is 13.8 Å². The van der Waals surface area contributed by atoms with Crippen LogP contribution >= 0.6 is 23.2 Å². The second-order valence-electron chi connectivity index (χ2n) is 9.58. The molecule has 1 unspecified atom stereocenters. The van der Waals surface area contributed by atoms with E-state index in [4.69, 9.17) is 33.0 Å².